The van der Waals surface area contributed by atoms with Crippen LogP contribution >= 0.6 is 0 Å². The number of carbonyl (C=O) groups excluding carboxylic acids is 5. The number of benzene rings is 2. The summed E-state index contributed by atoms with van der Waals surface area (Å²) in [5, 5.41) is 23.3. The molecule has 0 unspecified atom stereocenters. The average molecular weight is 677 g/mol. The number of rotatable bonds is 20. The number of nitrogens with one attached hydrogen (secondary N) is 2. The Morgan fingerprint density at radius 2 is 1.56 bits per heavy atom. The van der Waals surface area contributed by atoms with E-state index in [-0.39, 0.29) is 41.8 Å². The Labute approximate surface area is 278 Å². The fraction of sp³-hybridized carbons (Fsp3) is 0.516. The molecule has 2 aromatic rings. The predicted octanol–water partition coefficient (Wildman–Crippen LogP) is 2.43. The van der Waals surface area contributed by atoms with Crippen LogP contribution in [-0.4, -0.2) is 113 Å². The van der Waals surface area contributed by atoms with Crippen molar-refractivity contribution in [2.75, 3.05) is 52.9 Å². The van der Waals surface area contributed by atoms with E-state index in [1.165, 1.54) is 18.0 Å². The van der Waals surface area contributed by atoms with Crippen LogP contribution in [0.4, 0.5) is 9.59 Å². The lowest BCUT2D eigenvalue weighted by molar-refractivity contribution is -0.295. The summed E-state index contributed by atoms with van der Waals surface area (Å²) in [5.41, 5.74) is 4.93. The molecule has 0 saturated carbocycles. The van der Waals surface area contributed by atoms with Gasteiger partial charge in [-0.15, -0.1) is 11.1 Å². The molecule has 17 nitrogen and oxygen atoms in total. The van der Waals surface area contributed by atoms with Crippen LogP contribution < -0.4 is 15.8 Å². The van der Waals surface area contributed by atoms with Gasteiger partial charge in [-0.1, -0.05) is 57.4 Å². The van der Waals surface area contributed by atoms with Crippen molar-refractivity contribution in [3.63, 3.8) is 0 Å². The summed E-state index contributed by atoms with van der Waals surface area (Å²) in [7, 11) is 0. The van der Waals surface area contributed by atoms with E-state index in [4.69, 9.17) is 19.2 Å². The molecule has 17 heteroatoms. The first-order valence-corrected chi connectivity index (χ1v) is 15.7. The Morgan fingerprint density at radius 1 is 0.875 bits per heavy atom. The van der Waals surface area contributed by atoms with Gasteiger partial charge in [0.25, 0.3) is 5.91 Å². The highest BCUT2D eigenvalue weighted by Crippen LogP contribution is 2.37. The van der Waals surface area contributed by atoms with Gasteiger partial charge < -0.3 is 24.6 Å². The first-order valence-electron chi connectivity index (χ1n) is 15.7. The number of phenolic OH excluding ortho intramolecular Hbond substituents is 1. The molecule has 0 spiro atoms. The van der Waals surface area contributed by atoms with E-state index in [1.807, 2.05) is 13.8 Å². The van der Waals surface area contributed by atoms with E-state index < -0.39 is 62.0 Å². The molecule has 48 heavy (non-hydrogen) atoms. The van der Waals surface area contributed by atoms with E-state index in [0.717, 1.165) is 46.6 Å². The number of hydrazine groups is 3. The number of aromatic hydroxyl groups is 1. The summed E-state index contributed by atoms with van der Waals surface area (Å²) in [6, 6.07) is 6.75. The second-order valence-corrected chi connectivity index (χ2v) is 10.9. The number of ketones is 1. The van der Waals surface area contributed by atoms with E-state index >= 15 is 0 Å². The molecule has 0 aliphatic carbocycles. The van der Waals surface area contributed by atoms with Gasteiger partial charge in [0.05, 0.1) is 31.9 Å². The third-order valence-corrected chi connectivity index (χ3v) is 7.02. The Bertz CT molecular complexity index is 1420. The summed E-state index contributed by atoms with van der Waals surface area (Å²) in [6.07, 6.45) is 3.06. The van der Waals surface area contributed by atoms with Crippen molar-refractivity contribution in [3.8, 4) is 11.5 Å². The zero-order valence-corrected chi connectivity index (χ0v) is 27.4. The van der Waals surface area contributed by atoms with Gasteiger partial charge in [0, 0.05) is 10.8 Å². The van der Waals surface area contributed by atoms with E-state index in [9.17, 15) is 34.2 Å². The maximum absolute atomic E-state index is 13.7. The van der Waals surface area contributed by atoms with Crippen molar-refractivity contribution in [3.05, 3.63) is 35.9 Å². The first-order chi connectivity index (χ1) is 23.1. The second-order valence-electron chi connectivity index (χ2n) is 10.9. The minimum Gasteiger partial charge on any atom is -0.506 e. The number of Topliss-reactive ketones (excluding diaryl/α,β-unsaturated/α-hetero) is 1. The van der Waals surface area contributed by atoms with Gasteiger partial charge in [-0.25, -0.2) is 29.4 Å². The van der Waals surface area contributed by atoms with Crippen LogP contribution in [0.3, 0.4) is 0 Å². The van der Waals surface area contributed by atoms with Gasteiger partial charge in [0.15, 0.2) is 0 Å². The Kier molecular flexibility index (Phi) is 15.3. The zero-order valence-electron chi connectivity index (χ0n) is 27.4. The quantitative estimate of drug-likeness (QED) is 0.0525. The number of hydrogen-bond acceptors (Lipinski definition) is 13. The van der Waals surface area contributed by atoms with Crippen LogP contribution in [0, 0.1) is 0 Å². The van der Waals surface area contributed by atoms with Crippen LogP contribution in [0.1, 0.15) is 63.2 Å². The maximum atomic E-state index is 13.7. The van der Waals surface area contributed by atoms with E-state index in [0.29, 0.717) is 13.0 Å². The Balaban J connectivity index is 1.83. The number of phenols is 1. The second kappa shape index (κ2) is 19.3. The van der Waals surface area contributed by atoms with E-state index in [1.54, 1.807) is 18.2 Å². The van der Waals surface area contributed by atoms with Crippen molar-refractivity contribution >= 4 is 40.6 Å². The molecule has 0 bridgehead atoms. The number of unbranched alkanes of at least 4 members (excludes halogenated alkanes) is 3. The number of amides is 4. The first kappa shape index (κ1) is 37.9. The minimum absolute atomic E-state index is 0.0585. The molecule has 4 N–H and O–H groups in total. The van der Waals surface area contributed by atoms with Gasteiger partial charge in [0.1, 0.15) is 43.8 Å². The monoisotopic (exact) mass is 676 g/mol. The molecule has 0 aromatic heterocycles. The normalized spacial score (nSPS) is 12.8. The highest BCUT2D eigenvalue weighted by Gasteiger charge is 2.33. The maximum Gasteiger partial charge on any atom is 0.417 e. The molecule has 1 fully saturated rings. The van der Waals surface area contributed by atoms with Crippen LogP contribution in [-0.2, 0) is 24.1 Å². The number of nitrogens with zero attached hydrogens (tertiary/aromatic N) is 4. The molecule has 1 aliphatic rings. The molecule has 1 saturated heterocycles. The summed E-state index contributed by atoms with van der Waals surface area (Å²) in [6.45, 7) is 3.64. The zero-order chi connectivity index (χ0) is 35.1. The van der Waals surface area contributed by atoms with Crippen molar-refractivity contribution in [1.29, 1.82) is 0 Å². The van der Waals surface area contributed by atoms with Gasteiger partial charge in [-0.2, -0.15) is 0 Å². The van der Waals surface area contributed by atoms with Gasteiger partial charge in [-0.05, 0) is 25.8 Å². The molecule has 0 atom stereocenters. The van der Waals surface area contributed by atoms with Gasteiger partial charge in [-0.3, -0.25) is 19.3 Å². The summed E-state index contributed by atoms with van der Waals surface area (Å²) >= 11 is 0. The van der Waals surface area contributed by atoms with Gasteiger partial charge in [0.2, 0.25) is 0 Å². The standard InChI is InChI=1S/C31H44N6O11/c1-4-6-10-14-45-27(40)19-34(20-37-30(43)36(32-33-37)13-16-47-46-15-7-5-2)31(44)48-26-17-25(29(42)35(21-38)18-22(3)39)28(41)24-12-9-8-11-23(24)26/h8-9,11-12,17,32-33,38,41H,4-7,10,13-16,18-21H2,1-3H3. The summed E-state index contributed by atoms with van der Waals surface area (Å²) in [4.78, 5) is 76.2. The largest absolute Gasteiger partial charge is 0.506 e. The Morgan fingerprint density at radius 3 is 2.25 bits per heavy atom. The lowest BCUT2D eigenvalue weighted by Crippen LogP contribution is -2.50. The third-order valence-electron chi connectivity index (χ3n) is 7.02. The summed E-state index contributed by atoms with van der Waals surface area (Å²) in [5.74, 6) is -2.67. The van der Waals surface area contributed by atoms with Crippen LogP contribution in [0.2, 0.25) is 0 Å². The number of ether oxygens (including phenoxy) is 2. The average Bonchev–Trinajstić information content (AvgIpc) is 3.42. The highest BCUT2D eigenvalue weighted by atomic mass is 17.2. The number of carbonyl (C=O) groups is 5. The highest BCUT2D eigenvalue weighted by molar-refractivity contribution is 6.07. The number of fused-ring (bicyclic) bond motifs is 1. The van der Waals surface area contributed by atoms with Crippen molar-refractivity contribution in [2.45, 2.75) is 52.9 Å². The topological polar surface area (TPSA) is 200 Å². The SMILES string of the molecule is CCCCCOC(=O)CN(CN1NNN(CCOOCCCC)C1=O)C(=O)Oc1cc(C(=O)N(CO)CC(C)=O)c(O)c2ccccc12. The van der Waals surface area contributed by atoms with Crippen molar-refractivity contribution in [2.24, 2.45) is 0 Å². The minimum atomic E-state index is -1.08. The number of aliphatic hydroxyl groups is 1. The number of urea groups is 1. The molecule has 1 heterocycles. The smallest absolute Gasteiger partial charge is 0.417 e. The van der Waals surface area contributed by atoms with Crippen LogP contribution in [0.15, 0.2) is 30.3 Å². The van der Waals surface area contributed by atoms with Crippen LogP contribution in [0.5, 0.6) is 11.5 Å². The third kappa shape index (κ3) is 10.7. The molecular formula is C31H44N6O11. The number of hydrogen-bond donors (Lipinski definition) is 4. The summed E-state index contributed by atoms with van der Waals surface area (Å²) < 4.78 is 11.0. The number of aliphatic hydroxyl groups excluding tert-OH is 1. The fourth-order valence-corrected chi connectivity index (χ4v) is 4.50. The predicted molar refractivity (Wildman–Crippen MR) is 170 cm³/mol. The molecule has 0 radical (unpaired) electrons. The van der Waals surface area contributed by atoms with E-state index in [2.05, 4.69) is 11.1 Å². The molecule has 264 valence electrons. The molecule has 4 amide bonds. The van der Waals surface area contributed by atoms with Gasteiger partial charge >= 0.3 is 18.1 Å². The van der Waals surface area contributed by atoms with Crippen molar-refractivity contribution in [1.82, 2.24) is 30.9 Å². The lowest BCUT2D eigenvalue weighted by Gasteiger charge is -2.26. The molecule has 1 aliphatic heterocycles. The molecule has 2 aromatic carbocycles. The Hall–Kier alpha value is -4.55. The number of esters is 1. The molecule has 3 rings (SSSR count). The van der Waals surface area contributed by atoms with Crippen molar-refractivity contribution < 1.29 is 53.4 Å². The fourth-order valence-electron chi connectivity index (χ4n) is 4.50. The molecular weight excluding hydrogens is 632 g/mol. The van der Waals surface area contributed by atoms with Crippen LogP contribution in [0.25, 0.3) is 10.8 Å². The lowest BCUT2D eigenvalue weighted by atomic mass is 10.0.